The van der Waals surface area contributed by atoms with Crippen molar-refractivity contribution >= 4 is 11.8 Å². The molecule has 0 aliphatic carbocycles. The standard InChI is InChI=1S/C17H25N5OS/c1-2-24-17-18-10-14(11-19-17)12-21-6-3-4-15(13-21)16-5-7-22(20-16)8-9-23/h5,7,10-11,15,23H,2-4,6,8-9,12-13H2,1H3. The van der Waals surface area contributed by atoms with Crippen LogP contribution in [0.3, 0.4) is 0 Å². The van der Waals surface area contributed by atoms with Gasteiger partial charge in [0.15, 0.2) is 5.16 Å². The Balaban J connectivity index is 1.58. The molecule has 1 aliphatic heterocycles. The highest BCUT2D eigenvalue weighted by molar-refractivity contribution is 7.99. The number of rotatable bonds is 7. The van der Waals surface area contributed by atoms with E-state index < -0.39 is 0 Å². The molecule has 0 bridgehead atoms. The minimum absolute atomic E-state index is 0.129. The number of nitrogens with zero attached hydrogens (tertiary/aromatic N) is 5. The maximum atomic E-state index is 9.02. The maximum absolute atomic E-state index is 9.02. The van der Waals surface area contributed by atoms with Gasteiger partial charge in [-0.2, -0.15) is 5.10 Å². The monoisotopic (exact) mass is 347 g/mol. The first-order chi connectivity index (χ1) is 11.8. The third-order valence-electron chi connectivity index (χ3n) is 4.28. The van der Waals surface area contributed by atoms with Gasteiger partial charge in [-0.25, -0.2) is 9.97 Å². The van der Waals surface area contributed by atoms with E-state index in [-0.39, 0.29) is 6.61 Å². The van der Waals surface area contributed by atoms with Crippen molar-refractivity contribution in [2.24, 2.45) is 0 Å². The van der Waals surface area contributed by atoms with Gasteiger partial charge in [0.2, 0.25) is 0 Å². The second-order valence-electron chi connectivity index (χ2n) is 6.11. The summed E-state index contributed by atoms with van der Waals surface area (Å²) < 4.78 is 1.83. The maximum Gasteiger partial charge on any atom is 0.187 e. The molecule has 0 saturated carbocycles. The molecular weight excluding hydrogens is 322 g/mol. The van der Waals surface area contributed by atoms with Crippen molar-refractivity contribution in [3.8, 4) is 0 Å². The summed E-state index contributed by atoms with van der Waals surface area (Å²) in [5.41, 5.74) is 2.31. The van der Waals surface area contributed by atoms with E-state index in [0.717, 1.165) is 36.2 Å². The summed E-state index contributed by atoms with van der Waals surface area (Å²) in [7, 11) is 0. The zero-order chi connectivity index (χ0) is 16.8. The quantitative estimate of drug-likeness (QED) is 0.611. The number of likely N-dealkylation sites (tertiary alicyclic amines) is 1. The minimum atomic E-state index is 0.129. The van der Waals surface area contributed by atoms with Gasteiger partial charge in [-0.05, 0) is 31.2 Å². The fourth-order valence-corrected chi connectivity index (χ4v) is 3.66. The second kappa shape index (κ2) is 8.60. The van der Waals surface area contributed by atoms with Crippen molar-refractivity contribution in [1.82, 2.24) is 24.6 Å². The van der Waals surface area contributed by atoms with Crippen LogP contribution in [0.15, 0.2) is 29.8 Å². The molecule has 1 saturated heterocycles. The van der Waals surface area contributed by atoms with Crippen LogP contribution in [0.5, 0.6) is 0 Å². The van der Waals surface area contributed by atoms with Crippen LogP contribution in [0, 0.1) is 0 Å². The van der Waals surface area contributed by atoms with E-state index in [1.165, 1.54) is 18.4 Å². The van der Waals surface area contributed by atoms with E-state index in [2.05, 4.69) is 33.0 Å². The lowest BCUT2D eigenvalue weighted by atomic mass is 9.95. The zero-order valence-corrected chi connectivity index (χ0v) is 15.0. The number of piperidine rings is 1. The van der Waals surface area contributed by atoms with Crippen molar-refractivity contribution in [2.45, 2.75) is 43.9 Å². The summed E-state index contributed by atoms with van der Waals surface area (Å²) in [5.74, 6) is 1.46. The summed E-state index contributed by atoms with van der Waals surface area (Å²) in [6.07, 6.45) is 8.22. The van der Waals surface area contributed by atoms with Gasteiger partial charge in [0.1, 0.15) is 0 Å². The van der Waals surface area contributed by atoms with Gasteiger partial charge < -0.3 is 5.11 Å². The van der Waals surface area contributed by atoms with Crippen LogP contribution in [0.25, 0.3) is 0 Å². The molecule has 1 N–H and O–H groups in total. The molecule has 2 aromatic rings. The highest BCUT2D eigenvalue weighted by atomic mass is 32.2. The van der Waals surface area contributed by atoms with E-state index in [9.17, 15) is 0 Å². The first-order valence-corrected chi connectivity index (χ1v) is 9.57. The van der Waals surface area contributed by atoms with Gasteiger partial charge >= 0.3 is 0 Å². The molecule has 3 rings (SSSR count). The Labute approximate surface area is 147 Å². The minimum Gasteiger partial charge on any atom is -0.394 e. The molecule has 0 aromatic carbocycles. The number of thioether (sulfide) groups is 1. The van der Waals surface area contributed by atoms with E-state index >= 15 is 0 Å². The van der Waals surface area contributed by atoms with Gasteiger partial charge in [-0.1, -0.05) is 18.7 Å². The van der Waals surface area contributed by atoms with Crippen molar-refractivity contribution in [3.05, 3.63) is 35.9 Å². The predicted octanol–water partition coefficient (Wildman–Crippen LogP) is 2.16. The molecule has 24 heavy (non-hydrogen) atoms. The number of aliphatic hydroxyl groups is 1. The normalized spacial score (nSPS) is 18.8. The molecule has 1 aliphatic rings. The van der Waals surface area contributed by atoms with Crippen molar-refractivity contribution in [1.29, 1.82) is 0 Å². The molecule has 0 amide bonds. The van der Waals surface area contributed by atoms with Gasteiger partial charge in [-0.15, -0.1) is 0 Å². The van der Waals surface area contributed by atoms with Crippen molar-refractivity contribution in [2.75, 3.05) is 25.4 Å². The van der Waals surface area contributed by atoms with Crippen LogP contribution in [0.4, 0.5) is 0 Å². The summed E-state index contributed by atoms with van der Waals surface area (Å²) in [4.78, 5) is 11.3. The van der Waals surface area contributed by atoms with E-state index in [0.29, 0.717) is 12.5 Å². The predicted molar refractivity (Wildman–Crippen MR) is 95.0 cm³/mol. The van der Waals surface area contributed by atoms with Crippen LogP contribution in [-0.4, -0.2) is 55.2 Å². The fraction of sp³-hybridized carbons (Fsp3) is 0.588. The van der Waals surface area contributed by atoms with Gasteiger partial charge in [0.25, 0.3) is 0 Å². The van der Waals surface area contributed by atoms with Crippen LogP contribution < -0.4 is 0 Å². The Morgan fingerprint density at radius 3 is 2.92 bits per heavy atom. The first kappa shape index (κ1) is 17.4. The second-order valence-corrected chi connectivity index (χ2v) is 7.34. The number of aromatic nitrogens is 4. The van der Waals surface area contributed by atoms with E-state index in [4.69, 9.17) is 5.11 Å². The van der Waals surface area contributed by atoms with Crippen LogP contribution in [0.2, 0.25) is 0 Å². The smallest absolute Gasteiger partial charge is 0.187 e. The lowest BCUT2D eigenvalue weighted by molar-refractivity contribution is 0.197. The summed E-state index contributed by atoms with van der Waals surface area (Å²) in [5, 5.41) is 14.5. The van der Waals surface area contributed by atoms with Crippen molar-refractivity contribution < 1.29 is 5.11 Å². The van der Waals surface area contributed by atoms with Gasteiger partial charge in [0.05, 0.1) is 18.8 Å². The van der Waals surface area contributed by atoms with E-state index in [1.54, 1.807) is 11.8 Å². The molecule has 2 aromatic heterocycles. The Morgan fingerprint density at radius 2 is 2.17 bits per heavy atom. The fourth-order valence-electron chi connectivity index (χ4n) is 3.15. The number of hydrogen-bond donors (Lipinski definition) is 1. The first-order valence-electron chi connectivity index (χ1n) is 8.58. The molecule has 7 heteroatoms. The Morgan fingerprint density at radius 1 is 1.33 bits per heavy atom. The average Bonchev–Trinajstić information content (AvgIpc) is 3.06. The lowest BCUT2D eigenvalue weighted by Gasteiger charge is -2.31. The van der Waals surface area contributed by atoms with Gasteiger partial charge in [-0.3, -0.25) is 9.58 Å². The number of aliphatic hydroxyl groups excluding tert-OH is 1. The molecule has 0 radical (unpaired) electrons. The molecular formula is C17H25N5OS. The summed E-state index contributed by atoms with van der Waals surface area (Å²) >= 11 is 1.67. The van der Waals surface area contributed by atoms with Crippen molar-refractivity contribution in [3.63, 3.8) is 0 Å². The van der Waals surface area contributed by atoms with Crippen LogP contribution in [-0.2, 0) is 13.1 Å². The van der Waals surface area contributed by atoms with Gasteiger partial charge in [0, 0.05) is 43.2 Å². The molecule has 1 unspecified atom stereocenters. The topological polar surface area (TPSA) is 67.1 Å². The zero-order valence-electron chi connectivity index (χ0n) is 14.1. The summed E-state index contributed by atoms with van der Waals surface area (Å²) in [6.45, 7) is 5.82. The highest BCUT2D eigenvalue weighted by Gasteiger charge is 2.23. The highest BCUT2D eigenvalue weighted by Crippen LogP contribution is 2.26. The average molecular weight is 347 g/mol. The summed E-state index contributed by atoms with van der Waals surface area (Å²) in [6, 6.07) is 2.09. The van der Waals surface area contributed by atoms with E-state index in [1.807, 2.05) is 23.3 Å². The molecule has 0 spiro atoms. The SMILES string of the molecule is CCSc1ncc(CN2CCCC(c3ccn(CCO)n3)C2)cn1. The lowest BCUT2D eigenvalue weighted by Crippen LogP contribution is -2.34. The molecule has 3 heterocycles. The molecule has 6 nitrogen and oxygen atoms in total. The number of hydrogen-bond acceptors (Lipinski definition) is 6. The Bertz CT molecular complexity index is 630. The largest absolute Gasteiger partial charge is 0.394 e. The molecule has 130 valence electrons. The third-order valence-corrected chi connectivity index (χ3v) is 5.03. The van der Waals surface area contributed by atoms with Crippen LogP contribution >= 0.6 is 11.8 Å². The third kappa shape index (κ3) is 4.55. The Hall–Kier alpha value is -1.44. The van der Waals surface area contributed by atoms with Crippen LogP contribution in [0.1, 0.15) is 36.9 Å². The molecule has 1 fully saturated rings. The molecule has 1 atom stereocenters. The Kier molecular flexibility index (Phi) is 6.23.